The number of urea groups is 1. The summed E-state index contributed by atoms with van der Waals surface area (Å²) in [6.07, 6.45) is 6.32. The lowest BCUT2D eigenvalue weighted by atomic mass is 9.73. The Hall–Kier alpha value is -3.29. The van der Waals surface area contributed by atoms with Gasteiger partial charge in [-0.05, 0) is 55.4 Å². The smallest absolute Gasteiger partial charge is 0.325 e. The lowest BCUT2D eigenvalue weighted by Crippen LogP contribution is -2.54. The summed E-state index contributed by atoms with van der Waals surface area (Å²) in [7, 11) is 0. The molecule has 172 valence electrons. The van der Waals surface area contributed by atoms with Crippen LogP contribution >= 0.6 is 0 Å². The first-order valence-electron chi connectivity index (χ1n) is 11.4. The molecule has 2 aromatic rings. The third kappa shape index (κ3) is 3.67. The van der Waals surface area contributed by atoms with Crippen molar-refractivity contribution in [2.75, 3.05) is 13.1 Å². The number of nitrogens with zero attached hydrogens (tertiary/aromatic N) is 3. The van der Waals surface area contributed by atoms with E-state index in [0.29, 0.717) is 37.1 Å². The van der Waals surface area contributed by atoms with Gasteiger partial charge in [-0.3, -0.25) is 19.5 Å². The van der Waals surface area contributed by atoms with Crippen LogP contribution in [-0.2, 0) is 21.7 Å². The molecule has 1 aromatic carbocycles. The van der Waals surface area contributed by atoms with Crippen molar-refractivity contribution in [3.63, 3.8) is 0 Å². The van der Waals surface area contributed by atoms with Gasteiger partial charge in [-0.25, -0.2) is 9.18 Å². The number of likely N-dealkylation sites (tertiary alicyclic amines) is 1. The van der Waals surface area contributed by atoms with Crippen LogP contribution in [0.3, 0.4) is 0 Å². The van der Waals surface area contributed by atoms with E-state index in [1.165, 1.54) is 17.0 Å². The molecule has 1 N–H and O–H groups in total. The van der Waals surface area contributed by atoms with E-state index >= 15 is 0 Å². The van der Waals surface area contributed by atoms with Crippen LogP contribution in [0.1, 0.15) is 43.7 Å². The highest BCUT2D eigenvalue weighted by Crippen LogP contribution is 2.48. The minimum absolute atomic E-state index is 0.0582. The summed E-state index contributed by atoms with van der Waals surface area (Å²) in [5, 5.41) is 2.99. The van der Waals surface area contributed by atoms with Crippen LogP contribution in [0.5, 0.6) is 0 Å². The van der Waals surface area contributed by atoms with Crippen molar-refractivity contribution in [1.29, 1.82) is 0 Å². The van der Waals surface area contributed by atoms with Gasteiger partial charge in [0.05, 0.1) is 6.54 Å². The average Bonchev–Trinajstić information content (AvgIpc) is 3.54. The summed E-state index contributed by atoms with van der Waals surface area (Å²) in [6.45, 7) is 3.18. The molecule has 2 aliphatic heterocycles. The van der Waals surface area contributed by atoms with Crippen LogP contribution in [0.25, 0.3) is 0 Å². The summed E-state index contributed by atoms with van der Waals surface area (Å²) >= 11 is 0. The van der Waals surface area contributed by atoms with Crippen molar-refractivity contribution in [2.24, 2.45) is 11.3 Å². The predicted octanol–water partition coefficient (Wildman–Crippen LogP) is 3.21. The zero-order valence-corrected chi connectivity index (χ0v) is 18.6. The van der Waals surface area contributed by atoms with Crippen LogP contribution in [0.4, 0.5) is 9.18 Å². The minimum atomic E-state index is -1.23. The zero-order valence-electron chi connectivity index (χ0n) is 18.6. The quantitative estimate of drug-likeness (QED) is 0.710. The highest BCUT2D eigenvalue weighted by atomic mass is 19.1. The zero-order chi connectivity index (χ0) is 23.2. The maximum atomic E-state index is 13.9. The van der Waals surface area contributed by atoms with Gasteiger partial charge in [-0.15, -0.1) is 0 Å². The first kappa shape index (κ1) is 21.6. The fourth-order valence-electron chi connectivity index (χ4n) is 5.11. The molecule has 0 unspecified atom stereocenters. The number of pyridine rings is 1. The Labute approximate surface area is 192 Å². The Morgan fingerprint density at radius 3 is 2.45 bits per heavy atom. The second kappa shape index (κ2) is 7.93. The molecular formula is C25H27FN4O3. The number of piperidine rings is 1. The molecule has 5 rings (SSSR count). The molecule has 7 nitrogen and oxygen atoms in total. The van der Waals surface area contributed by atoms with Crippen LogP contribution in [-0.4, -0.2) is 45.7 Å². The van der Waals surface area contributed by atoms with Crippen molar-refractivity contribution in [1.82, 2.24) is 20.1 Å². The molecule has 3 aliphatic rings. The number of rotatable bonds is 5. The standard InChI is InChI=1S/C25H27FN4O3/c1-24(10-11-24)21(31)29-13-8-18(9-14-29)25(19-3-2-12-27-15-19)22(32)30(23(33)28-25)16-17-4-6-20(26)7-5-17/h2-7,12,15,18H,8-11,13-14,16H2,1H3,(H,28,33)/t25-/m0/s1. The molecule has 2 saturated heterocycles. The summed E-state index contributed by atoms with van der Waals surface area (Å²) < 4.78 is 13.3. The Kier molecular flexibility index (Phi) is 5.18. The van der Waals surface area contributed by atoms with E-state index in [-0.39, 0.29) is 35.5 Å². The molecular weight excluding hydrogens is 423 g/mol. The number of halogens is 1. The molecule has 3 fully saturated rings. The average molecular weight is 451 g/mol. The molecule has 8 heteroatoms. The van der Waals surface area contributed by atoms with Gasteiger partial charge in [0.2, 0.25) is 5.91 Å². The maximum Gasteiger partial charge on any atom is 0.325 e. The number of imide groups is 1. The van der Waals surface area contributed by atoms with E-state index in [2.05, 4.69) is 10.3 Å². The molecule has 0 radical (unpaired) electrons. The minimum Gasteiger partial charge on any atom is -0.342 e. The number of nitrogens with one attached hydrogen (secondary N) is 1. The normalized spacial score (nSPS) is 24.7. The Bertz CT molecular complexity index is 1080. The largest absolute Gasteiger partial charge is 0.342 e. The van der Waals surface area contributed by atoms with E-state index in [4.69, 9.17) is 0 Å². The fraction of sp³-hybridized carbons (Fsp3) is 0.440. The first-order chi connectivity index (χ1) is 15.8. The van der Waals surface area contributed by atoms with E-state index in [0.717, 1.165) is 12.8 Å². The van der Waals surface area contributed by atoms with Crippen LogP contribution in [0.15, 0.2) is 48.8 Å². The van der Waals surface area contributed by atoms with Crippen molar-refractivity contribution in [3.8, 4) is 0 Å². The lowest BCUT2D eigenvalue weighted by molar-refractivity contribution is -0.139. The first-order valence-corrected chi connectivity index (χ1v) is 11.4. The van der Waals surface area contributed by atoms with Crippen LogP contribution in [0, 0.1) is 17.2 Å². The van der Waals surface area contributed by atoms with E-state index in [1.54, 1.807) is 30.6 Å². The summed E-state index contributed by atoms with van der Waals surface area (Å²) in [5.41, 5.74) is -0.148. The molecule has 0 bridgehead atoms. The van der Waals surface area contributed by atoms with E-state index in [1.807, 2.05) is 17.9 Å². The summed E-state index contributed by atoms with van der Waals surface area (Å²) in [5.74, 6) is -0.686. The number of carbonyl (C=O) groups is 3. The lowest BCUT2D eigenvalue weighted by Gasteiger charge is -2.41. The molecule has 0 spiro atoms. The molecule has 33 heavy (non-hydrogen) atoms. The van der Waals surface area contributed by atoms with E-state index in [9.17, 15) is 18.8 Å². The third-order valence-corrected chi connectivity index (χ3v) is 7.41. The van der Waals surface area contributed by atoms with Gasteiger partial charge >= 0.3 is 6.03 Å². The highest BCUT2D eigenvalue weighted by molar-refractivity contribution is 6.07. The van der Waals surface area contributed by atoms with Gasteiger partial charge in [0.1, 0.15) is 5.82 Å². The Balaban J connectivity index is 1.42. The van der Waals surface area contributed by atoms with Crippen molar-refractivity contribution < 1.29 is 18.8 Å². The molecule has 3 heterocycles. The number of benzene rings is 1. The molecule has 1 atom stereocenters. The van der Waals surface area contributed by atoms with Crippen LogP contribution < -0.4 is 5.32 Å². The Morgan fingerprint density at radius 2 is 1.85 bits per heavy atom. The van der Waals surface area contributed by atoms with Crippen molar-refractivity contribution in [2.45, 2.75) is 44.7 Å². The third-order valence-electron chi connectivity index (χ3n) is 7.41. The monoisotopic (exact) mass is 450 g/mol. The van der Waals surface area contributed by atoms with Gasteiger partial charge in [0, 0.05) is 36.5 Å². The predicted molar refractivity (Wildman–Crippen MR) is 118 cm³/mol. The van der Waals surface area contributed by atoms with Gasteiger partial charge < -0.3 is 10.2 Å². The molecule has 1 saturated carbocycles. The van der Waals surface area contributed by atoms with Crippen LogP contribution in [0.2, 0.25) is 0 Å². The van der Waals surface area contributed by atoms with E-state index < -0.39 is 11.6 Å². The summed E-state index contributed by atoms with van der Waals surface area (Å²) in [4.78, 5) is 47.0. The number of hydrogen-bond donors (Lipinski definition) is 1. The van der Waals surface area contributed by atoms with Gasteiger partial charge in [0.25, 0.3) is 5.91 Å². The van der Waals surface area contributed by atoms with Gasteiger partial charge in [0.15, 0.2) is 5.54 Å². The number of aromatic nitrogens is 1. The number of amides is 4. The molecule has 1 aromatic heterocycles. The second-order valence-electron chi connectivity index (χ2n) is 9.62. The molecule has 4 amide bonds. The van der Waals surface area contributed by atoms with Gasteiger partial charge in [-0.1, -0.05) is 25.1 Å². The van der Waals surface area contributed by atoms with Gasteiger partial charge in [-0.2, -0.15) is 0 Å². The second-order valence-corrected chi connectivity index (χ2v) is 9.62. The number of carbonyl (C=O) groups excluding carboxylic acids is 3. The maximum absolute atomic E-state index is 13.9. The van der Waals surface area contributed by atoms with Crippen molar-refractivity contribution in [3.05, 3.63) is 65.7 Å². The summed E-state index contributed by atoms with van der Waals surface area (Å²) in [6, 6.07) is 8.87. The Morgan fingerprint density at radius 1 is 1.15 bits per heavy atom. The SMILES string of the molecule is CC1(C(=O)N2CCC([C@@]3(c4cccnc4)NC(=O)N(Cc4ccc(F)cc4)C3=O)CC2)CC1. The topological polar surface area (TPSA) is 82.6 Å². The fourth-order valence-corrected chi connectivity index (χ4v) is 5.11. The molecule has 1 aliphatic carbocycles. The highest BCUT2D eigenvalue weighted by Gasteiger charge is 2.58. The number of hydrogen-bond acceptors (Lipinski definition) is 4. The van der Waals surface area contributed by atoms with Crippen molar-refractivity contribution >= 4 is 17.8 Å².